The lowest BCUT2D eigenvalue weighted by Gasteiger charge is -2.28. The molecule has 0 aromatic heterocycles. The van der Waals surface area contributed by atoms with E-state index in [-0.39, 0.29) is 5.69 Å². The maximum Gasteiger partial charge on any atom is 0.243 e. The van der Waals surface area contributed by atoms with Crippen molar-refractivity contribution in [2.45, 2.75) is 18.7 Å². The molecule has 0 spiro atoms. The molecule has 1 N–H and O–H groups in total. The summed E-state index contributed by atoms with van der Waals surface area (Å²) in [5.41, 5.74) is 1.37. The number of rotatable bonds is 9. The molecule has 5 nitrogen and oxygen atoms in total. The number of hydrogen-bond acceptors (Lipinski definition) is 4. The van der Waals surface area contributed by atoms with E-state index >= 15 is 0 Å². The van der Waals surface area contributed by atoms with E-state index in [0.717, 1.165) is 34.0 Å². The van der Waals surface area contributed by atoms with Crippen molar-refractivity contribution in [2.75, 3.05) is 22.9 Å². The van der Waals surface area contributed by atoms with Gasteiger partial charge in [-0.25, -0.2) is 12.8 Å². The number of sulfonamides is 1. The molecule has 0 bridgehead atoms. The van der Waals surface area contributed by atoms with Crippen molar-refractivity contribution in [3.63, 3.8) is 0 Å². The van der Waals surface area contributed by atoms with Gasteiger partial charge in [-0.05, 0) is 48.9 Å². The number of thioether (sulfide) groups is 1. The van der Waals surface area contributed by atoms with E-state index in [1.807, 2.05) is 24.3 Å². The van der Waals surface area contributed by atoms with Crippen molar-refractivity contribution < 1.29 is 17.6 Å². The number of nitrogens with zero attached hydrogens (tertiary/aromatic N) is 1. The molecule has 0 saturated carbocycles. The smallest absolute Gasteiger partial charge is 0.243 e. The summed E-state index contributed by atoms with van der Waals surface area (Å²) < 4.78 is 38.4. The van der Waals surface area contributed by atoms with Crippen molar-refractivity contribution in [3.05, 3.63) is 64.9 Å². The summed E-state index contributed by atoms with van der Waals surface area (Å²) in [6.45, 7) is 1.91. The first-order chi connectivity index (χ1) is 13.2. The Hall–Kier alpha value is -1.77. The Balaban J connectivity index is 1.88. The number of amides is 1. The van der Waals surface area contributed by atoms with E-state index in [9.17, 15) is 17.6 Å². The van der Waals surface area contributed by atoms with Gasteiger partial charge in [-0.2, -0.15) is 11.8 Å². The summed E-state index contributed by atoms with van der Waals surface area (Å²) >= 11 is 7.50. The number of carbonyl (C=O) groups is 1. The molecule has 0 radical (unpaired) electrons. The fraction of sp³-hybridized carbons (Fsp3) is 0.316. The lowest BCUT2D eigenvalue weighted by molar-refractivity contribution is -0.121. The highest BCUT2D eigenvalue weighted by atomic mass is 35.5. The Bertz CT molecular complexity index is 890. The fourth-order valence-corrected chi connectivity index (χ4v) is 4.68. The van der Waals surface area contributed by atoms with Gasteiger partial charge in [-0.3, -0.25) is 9.10 Å². The highest BCUT2D eigenvalue weighted by Crippen LogP contribution is 2.21. The minimum absolute atomic E-state index is 0.240. The molecule has 1 amide bonds. The van der Waals surface area contributed by atoms with Crippen molar-refractivity contribution in [1.29, 1.82) is 0 Å². The summed E-state index contributed by atoms with van der Waals surface area (Å²) in [5.74, 6) is 0.568. The maximum absolute atomic E-state index is 13.1. The summed E-state index contributed by atoms with van der Waals surface area (Å²) in [7, 11) is -3.72. The van der Waals surface area contributed by atoms with E-state index in [0.29, 0.717) is 17.3 Å². The van der Waals surface area contributed by atoms with Gasteiger partial charge in [0, 0.05) is 23.1 Å². The van der Waals surface area contributed by atoms with Crippen LogP contribution in [0.25, 0.3) is 0 Å². The quantitative estimate of drug-likeness (QED) is 0.599. The van der Waals surface area contributed by atoms with Gasteiger partial charge in [0.25, 0.3) is 0 Å². The highest BCUT2D eigenvalue weighted by Gasteiger charge is 2.28. The predicted molar refractivity (Wildman–Crippen MR) is 114 cm³/mol. The Labute approximate surface area is 174 Å². The number of nitrogens with one attached hydrogen (secondary N) is 1. The fourth-order valence-electron chi connectivity index (χ4n) is 2.56. The van der Waals surface area contributed by atoms with Crippen LogP contribution in [0.2, 0.25) is 5.02 Å². The molecule has 0 aliphatic carbocycles. The Kier molecular flexibility index (Phi) is 8.15. The normalized spacial score (nSPS) is 12.4. The Morgan fingerprint density at radius 1 is 1.18 bits per heavy atom. The van der Waals surface area contributed by atoms with Crippen LogP contribution in [0.1, 0.15) is 12.5 Å². The van der Waals surface area contributed by atoms with Crippen LogP contribution in [-0.4, -0.2) is 38.9 Å². The van der Waals surface area contributed by atoms with Gasteiger partial charge >= 0.3 is 0 Å². The van der Waals surface area contributed by atoms with Gasteiger partial charge in [0.05, 0.1) is 11.9 Å². The van der Waals surface area contributed by atoms with Gasteiger partial charge in [-0.15, -0.1) is 0 Å². The number of anilines is 1. The minimum Gasteiger partial charge on any atom is -0.353 e. The zero-order chi connectivity index (χ0) is 20.7. The van der Waals surface area contributed by atoms with Gasteiger partial charge < -0.3 is 5.32 Å². The van der Waals surface area contributed by atoms with Gasteiger partial charge in [0.2, 0.25) is 15.9 Å². The zero-order valence-electron chi connectivity index (χ0n) is 15.6. The second-order valence-corrected chi connectivity index (χ2v) is 9.58. The summed E-state index contributed by atoms with van der Waals surface area (Å²) in [4.78, 5) is 12.4. The Morgan fingerprint density at radius 2 is 1.79 bits per heavy atom. The molecule has 2 rings (SSSR count). The van der Waals surface area contributed by atoms with Crippen molar-refractivity contribution >= 4 is 45.0 Å². The van der Waals surface area contributed by atoms with E-state index in [1.54, 1.807) is 11.8 Å². The minimum atomic E-state index is -3.72. The molecule has 0 fully saturated rings. The summed E-state index contributed by atoms with van der Waals surface area (Å²) in [5, 5.41) is 3.44. The number of halogens is 2. The highest BCUT2D eigenvalue weighted by molar-refractivity contribution is 7.98. The topological polar surface area (TPSA) is 66.5 Å². The lowest BCUT2D eigenvalue weighted by atomic mass is 10.2. The summed E-state index contributed by atoms with van der Waals surface area (Å²) in [6, 6.07) is 11.6. The molecule has 2 aromatic carbocycles. The van der Waals surface area contributed by atoms with Crippen LogP contribution < -0.4 is 9.62 Å². The third kappa shape index (κ3) is 6.68. The Morgan fingerprint density at radius 3 is 2.36 bits per heavy atom. The van der Waals surface area contributed by atoms with Crippen LogP contribution in [0.15, 0.2) is 48.5 Å². The zero-order valence-corrected chi connectivity index (χ0v) is 18.0. The largest absolute Gasteiger partial charge is 0.353 e. The van der Waals surface area contributed by atoms with Crippen LogP contribution in [-0.2, 0) is 20.6 Å². The van der Waals surface area contributed by atoms with Crippen LogP contribution in [0.4, 0.5) is 10.1 Å². The summed E-state index contributed by atoms with van der Waals surface area (Å²) in [6.07, 6.45) is 1.02. The van der Waals surface area contributed by atoms with Crippen molar-refractivity contribution in [3.8, 4) is 0 Å². The van der Waals surface area contributed by atoms with E-state index in [1.165, 1.54) is 19.1 Å². The van der Waals surface area contributed by atoms with Crippen LogP contribution >= 0.6 is 23.4 Å². The molecule has 0 heterocycles. The molecule has 28 heavy (non-hydrogen) atoms. The average Bonchev–Trinajstić information content (AvgIpc) is 2.63. The maximum atomic E-state index is 13.1. The third-order valence-electron chi connectivity index (χ3n) is 3.90. The van der Waals surface area contributed by atoms with Gasteiger partial charge in [-0.1, -0.05) is 23.7 Å². The SMILES string of the molecule is C[C@@H](C(=O)NCCSCc1ccc(Cl)cc1)N(c1ccc(F)cc1)S(C)(=O)=O. The van der Waals surface area contributed by atoms with E-state index in [4.69, 9.17) is 11.6 Å². The standard InChI is InChI=1S/C19H22ClFN2O3S2/c1-14(23(28(2,25)26)18-9-7-17(21)8-10-18)19(24)22-11-12-27-13-15-3-5-16(20)6-4-15/h3-10,14H,11-13H2,1-2H3,(H,22,24)/t14-/m0/s1. The van der Waals surface area contributed by atoms with Crippen LogP contribution in [0.3, 0.4) is 0 Å². The predicted octanol–water partition coefficient (Wildman–Crippen LogP) is 3.68. The number of carbonyl (C=O) groups excluding carboxylic acids is 1. The molecule has 2 aromatic rings. The van der Waals surface area contributed by atoms with E-state index in [2.05, 4.69) is 5.32 Å². The monoisotopic (exact) mass is 444 g/mol. The number of hydrogen-bond donors (Lipinski definition) is 1. The van der Waals surface area contributed by atoms with Crippen molar-refractivity contribution in [1.82, 2.24) is 5.32 Å². The first-order valence-corrected chi connectivity index (χ1v) is 11.9. The molecule has 1 atom stereocenters. The van der Waals surface area contributed by atoms with E-state index < -0.39 is 27.8 Å². The molecule has 9 heteroatoms. The molecule has 152 valence electrons. The van der Waals surface area contributed by atoms with Crippen LogP contribution in [0, 0.1) is 5.82 Å². The number of benzene rings is 2. The van der Waals surface area contributed by atoms with Crippen molar-refractivity contribution in [2.24, 2.45) is 0 Å². The molecular weight excluding hydrogens is 423 g/mol. The second kappa shape index (κ2) is 10.1. The molecule has 0 unspecified atom stereocenters. The molecular formula is C19H22ClFN2O3S2. The van der Waals surface area contributed by atoms with Gasteiger partial charge in [0.1, 0.15) is 11.9 Å². The average molecular weight is 445 g/mol. The molecule has 0 aliphatic rings. The second-order valence-electron chi connectivity index (χ2n) is 6.18. The molecule has 0 saturated heterocycles. The first-order valence-electron chi connectivity index (χ1n) is 8.53. The third-order valence-corrected chi connectivity index (χ3v) is 6.42. The van der Waals surface area contributed by atoms with Gasteiger partial charge in [0.15, 0.2) is 0 Å². The lowest BCUT2D eigenvalue weighted by Crippen LogP contribution is -2.48. The van der Waals surface area contributed by atoms with Crippen LogP contribution in [0.5, 0.6) is 0 Å². The first kappa shape index (κ1) is 22.5. The molecule has 0 aliphatic heterocycles.